The summed E-state index contributed by atoms with van der Waals surface area (Å²) in [5.41, 5.74) is 2.24. The van der Waals surface area contributed by atoms with Crippen molar-refractivity contribution in [2.45, 2.75) is 31.8 Å². The third kappa shape index (κ3) is 3.56. The molecule has 6 nitrogen and oxygen atoms in total. The molecule has 2 aliphatic heterocycles. The molecule has 3 aromatic rings. The summed E-state index contributed by atoms with van der Waals surface area (Å²) < 4.78 is 16.9. The molecule has 2 aromatic carbocycles. The smallest absolute Gasteiger partial charge is 0.336 e. The molecule has 6 heteroatoms. The first-order valence-corrected chi connectivity index (χ1v) is 10.2. The molecule has 0 radical (unpaired) electrons. The third-order valence-electron chi connectivity index (χ3n) is 5.89. The minimum Gasteiger partial charge on any atom is -0.508 e. The van der Waals surface area contributed by atoms with Crippen molar-refractivity contribution in [2.75, 3.05) is 19.8 Å². The van der Waals surface area contributed by atoms with Gasteiger partial charge in [-0.05, 0) is 30.3 Å². The van der Waals surface area contributed by atoms with E-state index in [1.54, 1.807) is 12.1 Å². The predicted molar refractivity (Wildman–Crippen MR) is 108 cm³/mol. The molecule has 0 saturated carbocycles. The van der Waals surface area contributed by atoms with Crippen LogP contribution < -0.4 is 20.0 Å². The molecule has 3 heterocycles. The maximum Gasteiger partial charge on any atom is 0.336 e. The fourth-order valence-corrected chi connectivity index (χ4v) is 4.53. The fourth-order valence-electron chi connectivity index (χ4n) is 4.53. The van der Waals surface area contributed by atoms with Gasteiger partial charge < -0.3 is 23.9 Å². The van der Waals surface area contributed by atoms with Crippen molar-refractivity contribution < 1.29 is 23.9 Å². The largest absolute Gasteiger partial charge is 0.508 e. The first-order chi connectivity index (χ1) is 14.2. The van der Waals surface area contributed by atoms with E-state index >= 15 is 0 Å². The summed E-state index contributed by atoms with van der Waals surface area (Å²) in [5.74, 6) is 1.74. The Labute approximate surface area is 168 Å². The lowest BCUT2D eigenvalue weighted by molar-refractivity contribution is -0.931. The van der Waals surface area contributed by atoms with Gasteiger partial charge in [-0.25, -0.2) is 4.79 Å². The van der Waals surface area contributed by atoms with Crippen molar-refractivity contribution in [3.05, 3.63) is 64.0 Å². The van der Waals surface area contributed by atoms with Crippen LogP contribution in [-0.2, 0) is 6.54 Å². The Balaban J connectivity index is 1.46. The molecule has 5 rings (SSSR count). The van der Waals surface area contributed by atoms with Gasteiger partial charge >= 0.3 is 5.63 Å². The minimum atomic E-state index is -0.385. The molecule has 150 valence electrons. The van der Waals surface area contributed by atoms with E-state index in [9.17, 15) is 9.90 Å². The molecule has 1 fully saturated rings. The molecule has 1 unspecified atom stereocenters. The normalized spacial score (nSPS) is 21.2. The van der Waals surface area contributed by atoms with Crippen molar-refractivity contribution in [2.24, 2.45) is 0 Å². The molecule has 1 saturated heterocycles. The zero-order chi connectivity index (χ0) is 19.8. The Morgan fingerprint density at radius 3 is 2.76 bits per heavy atom. The van der Waals surface area contributed by atoms with Gasteiger partial charge in [0.1, 0.15) is 23.9 Å². The number of nitrogens with one attached hydrogen (secondary N) is 1. The van der Waals surface area contributed by atoms with Crippen LogP contribution >= 0.6 is 0 Å². The quantitative estimate of drug-likeness (QED) is 0.668. The molecular formula is C23H24NO5+. The van der Waals surface area contributed by atoms with E-state index < -0.39 is 0 Å². The number of quaternary nitrogens is 1. The standard InChI is InChI=1S/C23H23NO5/c25-17-5-6-18-16(12-23(26)29-21(18)13-17)14-24-8-1-3-19(24)15-4-7-20-22(11-15)28-10-2-9-27-20/h4-7,11-13,19,25H,1-3,8-10,14H2/p+1/t19-/m0/s1. The summed E-state index contributed by atoms with van der Waals surface area (Å²) in [6, 6.07) is 13.1. The number of rotatable bonds is 3. The second kappa shape index (κ2) is 7.44. The highest BCUT2D eigenvalue weighted by molar-refractivity contribution is 5.81. The number of fused-ring (bicyclic) bond motifs is 2. The molecule has 29 heavy (non-hydrogen) atoms. The second-order valence-electron chi connectivity index (χ2n) is 7.81. The van der Waals surface area contributed by atoms with Gasteiger partial charge in [-0.2, -0.15) is 0 Å². The number of aromatic hydroxyl groups is 1. The van der Waals surface area contributed by atoms with Gasteiger partial charge in [-0.15, -0.1) is 0 Å². The van der Waals surface area contributed by atoms with E-state index in [0.717, 1.165) is 54.8 Å². The summed E-state index contributed by atoms with van der Waals surface area (Å²) in [6.07, 6.45) is 3.12. The Morgan fingerprint density at radius 1 is 1.00 bits per heavy atom. The van der Waals surface area contributed by atoms with Crippen molar-refractivity contribution >= 4 is 11.0 Å². The van der Waals surface area contributed by atoms with Crippen LogP contribution in [0.3, 0.4) is 0 Å². The highest BCUT2D eigenvalue weighted by atomic mass is 16.5. The summed E-state index contributed by atoms with van der Waals surface area (Å²) in [6.45, 7) is 3.13. The van der Waals surface area contributed by atoms with Gasteiger partial charge in [-0.1, -0.05) is 0 Å². The lowest BCUT2D eigenvalue weighted by Gasteiger charge is -2.23. The van der Waals surface area contributed by atoms with E-state index in [2.05, 4.69) is 12.1 Å². The lowest BCUT2D eigenvalue weighted by Crippen LogP contribution is -3.08. The van der Waals surface area contributed by atoms with Gasteiger partial charge in [0, 0.05) is 47.9 Å². The van der Waals surface area contributed by atoms with Crippen molar-refractivity contribution in [1.82, 2.24) is 0 Å². The van der Waals surface area contributed by atoms with E-state index in [1.165, 1.54) is 16.5 Å². The number of hydrogen-bond donors (Lipinski definition) is 2. The molecule has 0 spiro atoms. The molecule has 2 N–H and O–H groups in total. The van der Waals surface area contributed by atoms with Crippen LogP contribution in [0.1, 0.15) is 36.4 Å². The number of benzene rings is 2. The second-order valence-corrected chi connectivity index (χ2v) is 7.81. The first kappa shape index (κ1) is 18.1. The van der Waals surface area contributed by atoms with Gasteiger partial charge in [0.15, 0.2) is 11.5 Å². The van der Waals surface area contributed by atoms with Gasteiger partial charge in [0.25, 0.3) is 0 Å². The van der Waals surface area contributed by atoms with E-state index in [0.29, 0.717) is 24.8 Å². The SMILES string of the molecule is O=c1cc(C[NH+]2CCC[C@H]2c2ccc3c(c2)OCCCO3)c2ccc(O)cc2o1. The third-order valence-corrected chi connectivity index (χ3v) is 5.89. The first-order valence-electron chi connectivity index (χ1n) is 10.2. The van der Waals surface area contributed by atoms with Crippen LogP contribution in [0.25, 0.3) is 11.0 Å². The van der Waals surface area contributed by atoms with Crippen molar-refractivity contribution in [3.8, 4) is 17.2 Å². The van der Waals surface area contributed by atoms with E-state index in [4.69, 9.17) is 13.9 Å². The van der Waals surface area contributed by atoms with Crippen LogP contribution in [-0.4, -0.2) is 24.9 Å². The average molecular weight is 394 g/mol. The highest BCUT2D eigenvalue weighted by Crippen LogP contribution is 2.33. The van der Waals surface area contributed by atoms with Crippen molar-refractivity contribution in [1.29, 1.82) is 0 Å². The molecule has 2 aliphatic rings. The van der Waals surface area contributed by atoms with Crippen LogP contribution in [0.15, 0.2) is 51.7 Å². The molecular weight excluding hydrogens is 370 g/mol. The van der Waals surface area contributed by atoms with Crippen LogP contribution in [0.2, 0.25) is 0 Å². The molecule has 1 aromatic heterocycles. The Hall–Kier alpha value is -2.99. The molecule has 2 atom stereocenters. The zero-order valence-corrected chi connectivity index (χ0v) is 16.1. The Kier molecular flexibility index (Phi) is 4.64. The highest BCUT2D eigenvalue weighted by Gasteiger charge is 2.31. The molecule has 0 bridgehead atoms. The summed E-state index contributed by atoms with van der Waals surface area (Å²) >= 11 is 0. The van der Waals surface area contributed by atoms with Gasteiger partial charge in [-0.3, -0.25) is 0 Å². The maximum atomic E-state index is 12.0. The van der Waals surface area contributed by atoms with E-state index in [1.807, 2.05) is 12.1 Å². The Morgan fingerprint density at radius 2 is 1.86 bits per heavy atom. The topological polar surface area (TPSA) is 73.3 Å². The van der Waals surface area contributed by atoms with Crippen molar-refractivity contribution in [3.63, 3.8) is 0 Å². The van der Waals surface area contributed by atoms with E-state index in [-0.39, 0.29) is 11.4 Å². The summed E-state index contributed by atoms with van der Waals surface area (Å²) in [5, 5.41) is 10.6. The monoisotopic (exact) mass is 394 g/mol. The number of likely N-dealkylation sites (tertiary alicyclic amines) is 1. The van der Waals surface area contributed by atoms with Gasteiger partial charge in [0.05, 0.1) is 19.8 Å². The Bertz CT molecular complexity index is 1110. The van der Waals surface area contributed by atoms with Crippen LogP contribution in [0.5, 0.6) is 17.2 Å². The van der Waals surface area contributed by atoms with Crippen LogP contribution in [0, 0.1) is 0 Å². The summed E-state index contributed by atoms with van der Waals surface area (Å²) in [4.78, 5) is 13.5. The number of phenols is 1. The van der Waals surface area contributed by atoms with Gasteiger partial charge in [0.2, 0.25) is 0 Å². The minimum absolute atomic E-state index is 0.0939. The number of hydrogen-bond acceptors (Lipinski definition) is 5. The summed E-state index contributed by atoms with van der Waals surface area (Å²) in [7, 11) is 0. The van der Waals surface area contributed by atoms with Crippen LogP contribution in [0.4, 0.5) is 0 Å². The fraction of sp³-hybridized carbons (Fsp3) is 0.348. The lowest BCUT2D eigenvalue weighted by atomic mass is 10.0. The maximum absolute atomic E-state index is 12.0. The zero-order valence-electron chi connectivity index (χ0n) is 16.1. The molecule has 0 amide bonds. The predicted octanol–water partition coefficient (Wildman–Crippen LogP) is 2.58. The molecule has 0 aliphatic carbocycles. The number of ether oxygens (including phenoxy) is 2. The average Bonchev–Trinajstić information content (AvgIpc) is 3.03. The number of phenolic OH excluding ortho intramolecular Hbond substituents is 1.